The summed E-state index contributed by atoms with van der Waals surface area (Å²) in [6.07, 6.45) is 1.46. The third-order valence-electron chi connectivity index (χ3n) is 4.54. The number of anilines is 1. The van der Waals surface area contributed by atoms with Gasteiger partial charge in [0, 0.05) is 44.3 Å². The first-order valence-corrected chi connectivity index (χ1v) is 8.97. The number of aromatic nitrogens is 3. The Labute approximate surface area is 154 Å². The summed E-state index contributed by atoms with van der Waals surface area (Å²) in [4.78, 5) is 21.5. The largest absolute Gasteiger partial charge is 0.378 e. The molecule has 1 aliphatic heterocycles. The minimum Gasteiger partial charge on any atom is -0.378 e. The van der Waals surface area contributed by atoms with Crippen LogP contribution in [0.3, 0.4) is 0 Å². The minimum absolute atomic E-state index is 0.00927. The van der Waals surface area contributed by atoms with E-state index in [1.165, 1.54) is 0 Å². The van der Waals surface area contributed by atoms with Gasteiger partial charge in [0.15, 0.2) is 0 Å². The van der Waals surface area contributed by atoms with Crippen molar-refractivity contribution in [1.29, 1.82) is 0 Å². The second-order valence-corrected chi connectivity index (χ2v) is 7.15. The molecule has 3 rings (SSSR count). The lowest BCUT2D eigenvalue weighted by atomic mass is 10.1. The smallest absolute Gasteiger partial charge is 0.272 e. The van der Waals surface area contributed by atoms with Crippen LogP contribution in [0.1, 0.15) is 47.9 Å². The zero-order valence-electron chi connectivity index (χ0n) is 16.1. The third-order valence-corrected chi connectivity index (χ3v) is 4.54. The number of nitrogens with zero attached hydrogens (tertiary/aromatic N) is 5. The molecule has 0 unspecified atom stereocenters. The monoisotopic (exact) mass is 357 g/mol. The van der Waals surface area contributed by atoms with Crippen LogP contribution in [0.4, 0.5) is 5.69 Å². The molecule has 0 aromatic carbocycles. The predicted molar refractivity (Wildman–Crippen MR) is 101 cm³/mol. The number of hydrogen-bond acceptors (Lipinski definition) is 5. The van der Waals surface area contributed by atoms with Crippen molar-refractivity contribution in [2.24, 2.45) is 0 Å². The predicted octanol–water partition coefficient (Wildman–Crippen LogP) is 2.45. The van der Waals surface area contributed by atoms with E-state index in [0.29, 0.717) is 25.4 Å². The van der Waals surface area contributed by atoms with E-state index in [9.17, 15) is 4.79 Å². The summed E-state index contributed by atoms with van der Waals surface area (Å²) in [6, 6.07) is 5.99. The van der Waals surface area contributed by atoms with Crippen LogP contribution in [0.25, 0.3) is 0 Å². The maximum absolute atomic E-state index is 13.0. The highest BCUT2D eigenvalue weighted by molar-refractivity contribution is 5.92. The molecule has 1 aliphatic rings. The van der Waals surface area contributed by atoms with E-state index in [-0.39, 0.29) is 18.1 Å². The van der Waals surface area contributed by atoms with Crippen molar-refractivity contribution >= 4 is 11.6 Å². The van der Waals surface area contributed by atoms with Gasteiger partial charge in [0.2, 0.25) is 0 Å². The maximum Gasteiger partial charge on any atom is 0.272 e. The summed E-state index contributed by atoms with van der Waals surface area (Å²) in [5.74, 6) is -0.00927. The molecule has 26 heavy (non-hydrogen) atoms. The summed E-state index contributed by atoms with van der Waals surface area (Å²) in [7, 11) is 4.01. The van der Waals surface area contributed by atoms with E-state index in [1.807, 2.05) is 56.8 Å². The number of rotatable bonds is 4. The number of amides is 1. The summed E-state index contributed by atoms with van der Waals surface area (Å²) in [5.41, 5.74) is 3.50. The highest BCUT2D eigenvalue weighted by atomic mass is 16.5. The van der Waals surface area contributed by atoms with E-state index >= 15 is 0 Å². The van der Waals surface area contributed by atoms with E-state index in [1.54, 1.807) is 16.9 Å². The Balaban J connectivity index is 1.81. The zero-order chi connectivity index (χ0) is 18.8. The fraction of sp³-hybridized carbons (Fsp3) is 0.526. The van der Waals surface area contributed by atoms with E-state index < -0.39 is 0 Å². The summed E-state index contributed by atoms with van der Waals surface area (Å²) in [5, 5.41) is 4.27. The first-order valence-electron chi connectivity index (χ1n) is 8.97. The average Bonchev–Trinajstić information content (AvgIpc) is 3.10. The lowest BCUT2D eigenvalue weighted by Gasteiger charge is -2.33. The number of aryl methyl sites for hydroxylation is 1. The van der Waals surface area contributed by atoms with Crippen LogP contribution in [-0.4, -0.2) is 59.4 Å². The van der Waals surface area contributed by atoms with Gasteiger partial charge >= 0.3 is 0 Å². The number of carbonyl (C=O) groups is 1. The third kappa shape index (κ3) is 3.72. The molecule has 1 fully saturated rings. The second kappa shape index (κ2) is 7.45. The highest BCUT2D eigenvalue weighted by Crippen LogP contribution is 2.26. The minimum atomic E-state index is -0.221. The van der Waals surface area contributed by atoms with Crippen LogP contribution >= 0.6 is 0 Å². The molecular weight excluding hydrogens is 330 g/mol. The molecule has 3 heterocycles. The average molecular weight is 357 g/mol. The van der Waals surface area contributed by atoms with Gasteiger partial charge in [-0.2, -0.15) is 5.10 Å². The fourth-order valence-corrected chi connectivity index (χ4v) is 3.17. The number of carbonyl (C=O) groups excluding carboxylic acids is 1. The summed E-state index contributed by atoms with van der Waals surface area (Å²) >= 11 is 0. The van der Waals surface area contributed by atoms with E-state index in [4.69, 9.17) is 4.74 Å². The number of hydrogen-bond donors (Lipinski definition) is 0. The lowest BCUT2D eigenvalue weighted by Crippen LogP contribution is -2.43. The number of ether oxygens (including phenoxy) is 1. The molecule has 7 heteroatoms. The summed E-state index contributed by atoms with van der Waals surface area (Å²) in [6.45, 7) is 7.58. The first-order chi connectivity index (χ1) is 12.4. The lowest BCUT2D eigenvalue weighted by molar-refractivity contribution is -0.0251. The molecule has 1 saturated heterocycles. The molecule has 2 aromatic heterocycles. The Morgan fingerprint density at radius 2 is 2.12 bits per heavy atom. The molecule has 140 valence electrons. The van der Waals surface area contributed by atoms with Gasteiger partial charge in [-0.15, -0.1) is 0 Å². The van der Waals surface area contributed by atoms with Crippen molar-refractivity contribution in [3.05, 3.63) is 41.5 Å². The van der Waals surface area contributed by atoms with Gasteiger partial charge in [-0.25, -0.2) is 0 Å². The highest BCUT2D eigenvalue weighted by Gasteiger charge is 2.29. The molecule has 0 N–H and O–H groups in total. The van der Waals surface area contributed by atoms with Gasteiger partial charge < -0.3 is 14.5 Å². The first kappa shape index (κ1) is 18.4. The van der Waals surface area contributed by atoms with Gasteiger partial charge in [-0.3, -0.25) is 14.5 Å². The van der Waals surface area contributed by atoms with Gasteiger partial charge in [0.05, 0.1) is 18.8 Å². The SMILES string of the molecule is Cc1cc(N(C)C)cc([C@H]2CN(C(=O)c3ccnn3C(C)C)CCO2)n1. The normalized spacial score (nSPS) is 17.6. The van der Waals surface area contributed by atoms with Crippen molar-refractivity contribution in [2.75, 3.05) is 38.7 Å². The molecule has 1 amide bonds. The quantitative estimate of drug-likeness (QED) is 0.841. The molecule has 0 radical (unpaired) electrons. The van der Waals surface area contributed by atoms with Crippen LogP contribution in [0, 0.1) is 6.92 Å². The van der Waals surface area contributed by atoms with Gasteiger partial charge in [-0.1, -0.05) is 0 Å². The van der Waals surface area contributed by atoms with Gasteiger partial charge in [0.1, 0.15) is 11.8 Å². The molecule has 0 saturated carbocycles. The molecule has 0 aliphatic carbocycles. The number of morpholine rings is 1. The zero-order valence-corrected chi connectivity index (χ0v) is 16.1. The van der Waals surface area contributed by atoms with Crippen LogP contribution in [0.2, 0.25) is 0 Å². The molecule has 0 bridgehead atoms. The fourth-order valence-electron chi connectivity index (χ4n) is 3.17. The van der Waals surface area contributed by atoms with Crippen molar-refractivity contribution < 1.29 is 9.53 Å². The molecule has 7 nitrogen and oxygen atoms in total. The Morgan fingerprint density at radius 3 is 2.81 bits per heavy atom. The molecular formula is C19H27N5O2. The van der Waals surface area contributed by atoms with Crippen molar-refractivity contribution in [1.82, 2.24) is 19.7 Å². The Hall–Kier alpha value is -2.41. The van der Waals surface area contributed by atoms with Crippen LogP contribution < -0.4 is 4.90 Å². The van der Waals surface area contributed by atoms with Crippen LogP contribution in [0.15, 0.2) is 24.4 Å². The van der Waals surface area contributed by atoms with Gasteiger partial charge in [0.25, 0.3) is 5.91 Å². The topological polar surface area (TPSA) is 63.5 Å². The Morgan fingerprint density at radius 1 is 1.35 bits per heavy atom. The maximum atomic E-state index is 13.0. The number of pyridine rings is 1. The van der Waals surface area contributed by atoms with Crippen LogP contribution in [-0.2, 0) is 4.74 Å². The van der Waals surface area contributed by atoms with Crippen LogP contribution in [0.5, 0.6) is 0 Å². The van der Waals surface area contributed by atoms with Crippen molar-refractivity contribution in [3.8, 4) is 0 Å². The Kier molecular flexibility index (Phi) is 5.27. The van der Waals surface area contributed by atoms with Crippen molar-refractivity contribution in [3.63, 3.8) is 0 Å². The molecule has 2 aromatic rings. The standard InChI is InChI=1S/C19H27N5O2/c1-13(2)24-17(6-7-20-24)19(25)23-8-9-26-18(12-23)16-11-15(22(4)5)10-14(3)21-16/h6-7,10-11,13,18H,8-9,12H2,1-5H3/t18-/m1/s1. The molecule has 1 atom stereocenters. The summed E-state index contributed by atoms with van der Waals surface area (Å²) < 4.78 is 7.70. The van der Waals surface area contributed by atoms with E-state index in [2.05, 4.69) is 10.1 Å². The Bertz CT molecular complexity index is 784. The van der Waals surface area contributed by atoms with Gasteiger partial charge in [-0.05, 0) is 39.0 Å². The van der Waals surface area contributed by atoms with E-state index in [0.717, 1.165) is 17.1 Å². The second-order valence-electron chi connectivity index (χ2n) is 7.15. The van der Waals surface area contributed by atoms with Crippen molar-refractivity contribution in [2.45, 2.75) is 32.9 Å². The molecule has 0 spiro atoms.